The number of nitrogens with one attached hydrogen (secondary N) is 2. The Morgan fingerprint density at radius 3 is 2.89 bits per heavy atom. The molecule has 6 nitrogen and oxygen atoms in total. The van der Waals surface area contributed by atoms with Gasteiger partial charge in [0.2, 0.25) is 5.95 Å². The molecule has 0 bridgehead atoms. The molecule has 0 saturated heterocycles. The summed E-state index contributed by atoms with van der Waals surface area (Å²) in [4.78, 5) is 22.7. The van der Waals surface area contributed by atoms with Crippen LogP contribution in [0.25, 0.3) is 10.6 Å². The average molecular weight is 455 g/mol. The van der Waals surface area contributed by atoms with E-state index in [4.69, 9.17) is 4.42 Å². The summed E-state index contributed by atoms with van der Waals surface area (Å²) in [6.45, 7) is 0.354. The van der Waals surface area contributed by atoms with Gasteiger partial charge in [-0.25, -0.2) is 9.97 Å². The molecule has 0 aliphatic rings. The highest BCUT2D eigenvalue weighted by Gasteiger charge is 2.12. The van der Waals surface area contributed by atoms with E-state index in [1.165, 1.54) is 11.3 Å². The van der Waals surface area contributed by atoms with Crippen LogP contribution in [-0.2, 0) is 6.54 Å². The molecule has 3 heterocycles. The number of rotatable bonds is 6. The minimum Gasteiger partial charge on any atom is -0.467 e. The number of anilines is 2. The van der Waals surface area contributed by atoms with E-state index in [2.05, 4.69) is 36.5 Å². The van der Waals surface area contributed by atoms with E-state index < -0.39 is 0 Å². The normalized spacial score (nSPS) is 10.6. The van der Waals surface area contributed by atoms with Crippen LogP contribution in [0.2, 0.25) is 0 Å². The van der Waals surface area contributed by atoms with Crippen LogP contribution in [0.1, 0.15) is 15.4 Å². The van der Waals surface area contributed by atoms with Crippen molar-refractivity contribution in [1.29, 1.82) is 0 Å². The first-order valence-corrected chi connectivity index (χ1v) is 10.0. The maximum Gasteiger partial charge on any atom is 0.261 e. The second kappa shape index (κ2) is 8.37. The van der Waals surface area contributed by atoms with Crippen molar-refractivity contribution in [1.82, 2.24) is 15.3 Å². The van der Waals surface area contributed by atoms with E-state index in [-0.39, 0.29) is 5.91 Å². The molecule has 8 heteroatoms. The average Bonchev–Trinajstić information content (AvgIpc) is 3.38. The van der Waals surface area contributed by atoms with Crippen LogP contribution < -0.4 is 10.6 Å². The molecule has 2 N–H and O–H groups in total. The van der Waals surface area contributed by atoms with Crippen LogP contribution in [0.3, 0.4) is 0 Å². The fraction of sp³-hybridized carbons (Fsp3) is 0.0500. The van der Waals surface area contributed by atoms with Gasteiger partial charge in [0.15, 0.2) is 0 Å². The van der Waals surface area contributed by atoms with Crippen LogP contribution in [0, 0.1) is 0 Å². The number of thiophene rings is 1. The fourth-order valence-electron chi connectivity index (χ4n) is 2.52. The Hall–Kier alpha value is -2.97. The maximum absolute atomic E-state index is 12.3. The van der Waals surface area contributed by atoms with E-state index in [1.807, 2.05) is 42.5 Å². The van der Waals surface area contributed by atoms with Gasteiger partial charge in [0.25, 0.3) is 5.91 Å². The van der Waals surface area contributed by atoms with Gasteiger partial charge >= 0.3 is 0 Å². The number of carbonyl (C=O) groups is 1. The molecular formula is C20H15BrN4O2S. The fourth-order valence-corrected chi connectivity index (χ4v) is 3.81. The second-order valence-electron chi connectivity index (χ2n) is 5.83. The molecular weight excluding hydrogens is 440 g/mol. The molecule has 0 aliphatic heterocycles. The highest BCUT2D eigenvalue weighted by molar-refractivity contribution is 9.10. The number of benzene rings is 1. The van der Waals surface area contributed by atoms with Crippen LogP contribution in [-0.4, -0.2) is 15.9 Å². The number of carbonyl (C=O) groups excluding carboxylic acids is 1. The molecule has 0 spiro atoms. The first-order valence-electron chi connectivity index (χ1n) is 8.44. The van der Waals surface area contributed by atoms with Gasteiger partial charge in [-0.15, -0.1) is 11.3 Å². The van der Waals surface area contributed by atoms with Crippen LogP contribution in [0.4, 0.5) is 11.6 Å². The minimum atomic E-state index is -0.144. The Balaban J connectivity index is 1.46. The summed E-state index contributed by atoms with van der Waals surface area (Å²) >= 11 is 4.83. The van der Waals surface area contributed by atoms with Gasteiger partial charge in [-0.05, 0) is 48.5 Å². The monoisotopic (exact) mass is 454 g/mol. The second-order valence-corrected chi connectivity index (χ2v) is 7.83. The summed E-state index contributed by atoms with van der Waals surface area (Å²) in [5.74, 6) is 1.06. The van der Waals surface area contributed by atoms with Crippen molar-refractivity contribution in [3.63, 3.8) is 0 Å². The molecule has 0 unspecified atom stereocenters. The first kappa shape index (κ1) is 18.4. The number of nitrogens with zero attached hydrogens (tertiary/aromatic N) is 2. The molecule has 3 aromatic heterocycles. The van der Waals surface area contributed by atoms with Crippen molar-refractivity contribution in [2.45, 2.75) is 6.54 Å². The third-order valence-corrected chi connectivity index (χ3v) is 5.42. The molecule has 0 aliphatic carbocycles. The molecule has 0 radical (unpaired) electrons. The zero-order chi connectivity index (χ0) is 19.3. The predicted octanol–water partition coefficient (Wildman–Crippen LogP) is 5.23. The zero-order valence-corrected chi connectivity index (χ0v) is 17.0. The highest BCUT2D eigenvalue weighted by Crippen LogP contribution is 2.28. The van der Waals surface area contributed by atoms with E-state index in [1.54, 1.807) is 24.6 Å². The topological polar surface area (TPSA) is 80.0 Å². The van der Waals surface area contributed by atoms with E-state index in [0.29, 0.717) is 23.1 Å². The summed E-state index contributed by atoms with van der Waals surface area (Å²) < 4.78 is 6.20. The molecule has 28 heavy (non-hydrogen) atoms. The quantitative estimate of drug-likeness (QED) is 0.416. The molecule has 0 fully saturated rings. The van der Waals surface area contributed by atoms with E-state index in [9.17, 15) is 4.79 Å². The van der Waals surface area contributed by atoms with Crippen LogP contribution in [0.15, 0.2) is 75.9 Å². The van der Waals surface area contributed by atoms with Gasteiger partial charge in [-0.3, -0.25) is 4.79 Å². The Morgan fingerprint density at radius 1 is 1.14 bits per heavy atom. The van der Waals surface area contributed by atoms with Crippen molar-refractivity contribution in [2.24, 2.45) is 0 Å². The lowest BCUT2D eigenvalue weighted by molar-refractivity contribution is 0.0952. The standard InChI is InChI=1S/C20H15BrN4O2S/c21-13-3-1-4-14(11-13)24-20-22-9-8-16(25-20)17-6-7-18(28-17)19(26)23-12-15-5-2-10-27-15/h1-11H,12H2,(H,23,26)(H,22,24,25). The van der Waals surface area contributed by atoms with Crippen molar-refractivity contribution in [2.75, 3.05) is 5.32 Å². The molecule has 0 atom stereocenters. The molecule has 1 amide bonds. The minimum absolute atomic E-state index is 0.144. The Bertz CT molecular complexity index is 1100. The number of hydrogen-bond donors (Lipinski definition) is 2. The molecule has 4 rings (SSSR count). The number of furan rings is 1. The molecule has 0 saturated carbocycles. The lowest BCUT2D eigenvalue weighted by Gasteiger charge is -2.06. The Kier molecular flexibility index (Phi) is 5.50. The highest BCUT2D eigenvalue weighted by atomic mass is 79.9. The van der Waals surface area contributed by atoms with Crippen molar-refractivity contribution >= 4 is 44.8 Å². The van der Waals surface area contributed by atoms with Gasteiger partial charge < -0.3 is 15.1 Å². The predicted molar refractivity (Wildman–Crippen MR) is 113 cm³/mol. The SMILES string of the molecule is O=C(NCc1ccco1)c1ccc(-c2ccnc(Nc3cccc(Br)c3)n2)s1. The smallest absolute Gasteiger partial charge is 0.261 e. The summed E-state index contributed by atoms with van der Waals surface area (Å²) in [5.41, 5.74) is 1.64. The van der Waals surface area contributed by atoms with E-state index >= 15 is 0 Å². The Labute approximate surface area is 173 Å². The van der Waals surface area contributed by atoms with Crippen LogP contribution in [0.5, 0.6) is 0 Å². The van der Waals surface area contributed by atoms with Gasteiger partial charge in [0, 0.05) is 16.4 Å². The lowest BCUT2D eigenvalue weighted by Crippen LogP contribution is -2.21. The van der Waals surface area contributed by atoms with Gasteiger partial charge in [0.05, 0.1) is 28.3 Å². The molecule has 1 aromatic carbocycles. The zero-order valence-electron chi connectivity index (χ0n) is 14.6. The summed E-state index contributed by atoms with van der Waals surface area (Å²) in [6.07, 6.45) is 3.28. The number of amides is 1. The molecule has 140 valence electrons. The summed E-state index contributed by atoms with van der Waals surface area (Å²) in [5, 5.41) is 6.03. The van der Waals surface area contributed by atoms with Gasteiger partial charge in [-0.2, -0.15) is 0 Å². The van der Waals surface area contributed by atoms with E-state index in [0.717, 1.165) is 20.7 Å². The largest absolute Gasteiger partial charge is 0.467 e. The van der Waals surface area contributed by atoms with Gasteiger partial charge in [0.1, 0.15) is 5.76 Å². The van der Waals surface area contributed by atoms with Crippen LogP contribution >= 0.6 is 27.3 Å². The maximum atomic E-state index is 12.3. The number of aromatic nitrogens is 2. The lowest BCUT2D eigenvalue weighted by atomic mass is 10.3. The summed E-state index contributed by atoms with van der Waals surface area (Å²) in [7, 11) is 0. The van der Waals surface area contributed by atoms with Crippen molar-refractivity contribution < 1.29 is 9.21 Å². The van der Waals surface area contributed by atoms with Gasteiger partial charge in [-0.1, -0.05) is 22.0 Å². The third-order valence-electron chi connectivity index (χ3n) is 3.82. The Morgan fingerprint density at radius 2 is 2.07 bits per heavy atom. The van der Waals surface area contributed by atoms with Crippen molar-refractivity contribution in [3.05, 3.63) is 82.2 Å². The first-order chi connectivity index (χ1) is 13.7. The number of halogens is 1. The third kappa shape index (κ3) is 4.47. The summed E-state index contributed by atoms with van der Waals surface area (Å²) in [6, 6.07) is 16.9. The molecule has 4 aromatic rings. The van der Waals surface area contributed by atoms with Crippen molar-refractivity contribution in [3.8, 4) is 10.6 Å². The number of hydrogen-bond acceptors (Lipinski definition) is 6.